The number of benzene rings is 2. The topological polar surface area (TPSA) is 67.4 Å². The van der Waals surface area contributed by atoms with Crippen LogP contribution in [0.3, 0.4) is 0 Å². The number of ether oxygens (including phenoxy) is 1. The smallest absolute Gasteiger partial charge is 0.251 e. The van der Waals surface area contributed by atoms with E-state index in [0.717, 1.165) is 24.2 Å². The van der Waals surface area contributed by atoms with E-state index in [1.165, 1.54) is 24.8 Å². The standard InChI is InChI=1S/C25H30N2O3/c28-24(16-18-30-23-9-5-2-6-10-23)27-19-21-11-13-22(14-12-21)25(29)26-17-15-20-7-3-1-4-8-20/h2,5-7,9-14H,1,3-4,8,15-19H2,(H,26,29)(H,27,28). The van der Waals surface area contributed by atoms with Gasteiger partial charge in [0, 0.05) is 18.7 Å². The zero-order valence-electron chi connectivity index (χ0n) is 17.4. The molecule has 2 aromatic carbocycles. The molecule has 0 aromatic heterocycles. The van der Waals surface area contributed by atoms with E-state index in [9.17, 15) is 9.59 Å². The number of carbonyl (C=O) groups excluding carboxylic acids is 2. The molecular formula is C25H30N2O3. The highest BCUT2D eigenvalue weighted by Gasteiger charge is 2.08. The number of allylic oxidation sites excluding steroid dienone is 1. The molecule has 3 rings (SSSR count). The van der Waals surface area contributed by atoms with Gasteiger partial charge in [-0.2, -0.15) is 0 Å². The van der Waals surface area contributed by atoms with Crippen LogP contribution in [0.2, 0.25) is 0 Å². The van der Waals surface area contributed by atoms with E-state index in [1.54, 1.807) is 12.1 Å². The maximum Gasteiger partial charge on any atom is 0.251 e. The van der Waals surface area contributed by atoms with Crippen LogP contribution in [0, 0.1) is 0 Å². The lowest BCUT2D eigenvalue weighted by Crippen LogP contribution is -2.25. The molecule has 0 atom stereocenters. The molecule has 0 unspecified atom stereocenters. The lowest BCUT2D eigenvalue weighted by molar-refractivity contribution is -0.121. The predicted molar refractivity (Wildman–Crippen MR) is 118 cm³/mol. The Kier molecular flexibility index (Phi) is 8.51. The quantitative estimate of drug-likeness (QED) is 0.575. The van der Waals surface area contributed by atoms with Gasteiger partial charge < -0.3 is 15.4 Å². The first-order valence-corrected chi connectivity index (χ1v) is 10.7. The van der Waals surface area contributed by atoms with Crippen molar-refractivity contribution >= 4 is 11.8 Å². The third kappa shape index (κ3) is 7.39. The lowest BCUT2D eigenvalue weighted by Gasteiger charge is -2.13. The molecule has 5 nitrogen and oxygen atoms in total. The summed E-state index contributed by atoms with van der Waals surface area (Å²) in [6.45, 7) is 1.44. The summed E-state index contributed by atoms with van der Waals surface area (Å²) in [5, 5.41) is 5.87. The highest BCUT2D eigenvalue weighted by molar-refractivity contribution is 5.94. The van der Waals surface area contributed by atoms with Gasteiger partial charge in [0.2, 0.25) is 5.91 Å². The van der Waals surface area contributed by atoms with Crippen molar-refractivity contribution in [1.29, 1.82) is 0 Å². The molecule has 30 heavy (non-hydrogen) atoms. The van der Waals surface area contributed by atoms with Gasteiger partial charge in [0.1, 0.15) is 5.75 Å². The molecule has 1 aliphatic carbocycles. The molecule has 0 heterocycles. The van der Waals surface area contributed by atoms with E-state index in [-0.39, 0.29) is 11.8 Å². The minimum atomic E-state index is -0.0650. The van der Waals surface area contributed by atoms with E-state index in [2.05, 4.69) is 16.7 Å². The minimum absolute atomic E-state index is 0.0555. The van der Waals surface area contributed by atoms with Crippen molar-refractivity contribution in [3.63, 3.8) is 0 Å². The molecule has 2 aromatic rings. The summed E-state index contributed by atoms with van der Waals surface area (Å²) >= 11 is 0. The molecule has 0 fully saturated rings. The van der Waals surface area contributed by atoms with Gasteiger partial charge in [-0.1, -0.05) is 42.0 Å². The van der Waals surface area contributed by atoms with Crippen molar-refractivity contribution in [2.24, 2.45) is 0 Å². The molecular weight excluding hydrogens is 376 g/mol. The fourth-order valence-electron chi connectivity index (χ4n) is 3.41. The average Bonchev–Trinajstić information content (AvgIpc) is 2.79. The van der Waals surface area contributed by atoms with Crippen molar-refractivity contribution in [2.75, 3.05) is 13.2 Å². The Morgan fingerprint density at radius 3 is 2.47 bits per heavy atom. The zero-order valence-corrected chi connectivity index (χ0v) is 17.4. The van der Waals surface area contributed by atoms with E-state index >= 15 is 0 Å². The summed E-state index contributed by atoms with van der Waals surface area (Å²) in [6.07, 6.45) is 8.42. The Labute approximate surface area is 178 Å². The number of carbonyl (C=O) groups is 2. The van der Waals surface area contributed by atoms with Crippen molar-refractivity contribution < 1.29 is 14.3 Å². The second kappa shape index (κ2) is 11.8. The lowest BCUT2D eigenvalue weighted by atomic mass is 9.97. The zero-order chi connectivity index (χ0) is 21.0. The second-order valence-electron chi connectivity index (χ2n) is 7.50. The fourth-order valence-corrected chi connectivity index (χ4v) is 3.41. The number of nitrogens with one attached hydrogen (secondary N) is 2. The monoisotopic (exact) mass is 406 g/mol. The van der Waals surface area contributed by atoms with Gasteiger partial charge in [0.05, 0.1) is 13.0 Å². The van der Waals surface area contributed by atoms with E-state index in [0.29, 0.717) is 31.7 Å². The van der Waals surface area contributed by atoms with E-state index < -0.39 is 0 Å². The van der Waals surface area contributed by atoms with Crippen molar-refractivity contribution in [2.45, 2.75) is 45.1 Å². The summed E-state index contributed by atoms with van der Waals surface area (Å²) in [4.78, 5) is 24.3. The Morgan fingerprint density at radius 2 is 1.73 bits per heavy atom. The molecule has 0 saturated carbocycles. The van der Waals surface area contributed by atoms with Gasteiger partial charge in [-0.25, -0.2) is 0 Å². The van der Waals surface area contributed by atoms with Crippen LogP contribution in [0.15, 0.2) is 66.2 Å². The van der Waals surface area contributed by atoms with Crippen LogP contribution in [-0.2, 0) is 11.3 Å². The maximum atomic E-state index is 12.3. The van der Waals surface area contributed by atoms with Crippen molar-refractivity contribution in [3.8, 4) is 5.75 Å². The molecule has 0 saturated heterocycles. The summed E-state index contributed by atoms with van der Waals surface area (Å²) in [7, 11) is 0. The van der Waals surface area contributed by atoms with E-state index in [4.69, 9.17) is 4.74 Å². The Bertz CT molecular complexity index is 844. The van der Waals surface area contributed by atoms with Crippen LogP contribution in [0.5, 0.6) is 5.75 Å². The average molecular weight is 407 g/mol. The fraction of sp³-hybridized carbons (Fsp3) is 0.360. The van der Waals surface area contributed by atoms with Crippen LogP contribution >= 0.6 is 0 Å². The summed E-state index contributed by atoms with van der Waals surface area (Å²) in [5.41, 5.74) is 3.05. The minimum Gasteiger partial charge on any atom is -0.493 e. The summed E-state index contributed by atoms with van der Waals surface area (Å²) in [6, 6.07) is 16.8. The number of hydrogen-bond donors (Lipinski definition) is 2. The molecule has 5 heteroatoms. The Morgan fingerprint density at radius 1 is 0.933 bits per heavy atom. The summed E-state index contributed by atoms with van der Waals surface area (Å²) in [5.74, 6) is 0.638. The SMILES string of the molecule is O=C(CCOc1ccccc1)NCc1ccc(C(=O)NCCC2=CCCCC2)cc1. The first-order valence-electron chi connectivity index (χ1n) is 10.7. The number of hydrogen-bond acceptors (Lipinski definition) is 3. The Hall–Kier alpha value is -3.08. The van der Waals surface area contributed by atoms with Gasteiger partial charge in [-0.15, -0.1) is 0 Å². The third-order valence-corrected chi connectivity index (χ3v) is 5.16. The molecule has 0 bridgehead atoms. The van der Waals surface area contributed by atoms with Gasteiger partial charge in [0.25, 0.3) is 5.91 Å². The molecule has 2 amide bonds. The van der Waals surface area contributed by atoms with Gasteiger partial charge >= 0.3 is 0 Å². The number of para-hydroxylation sites is 1. The molecule has 158 valence electrons. The number of amides is 2. The van der Waals surface area contributed by atoms with Crippen LogP contribution in [-0.4, -0.2) is 25.0 Å². The van der Waals surface area contributed by atoms with E-state index in [1.807, 2.05) is 42.5 Å². The largest absolute Gasteiger partial charge is 0.493 e. The van der Waals surface area contributed by atoms with Crippen molar-refractivity contribution in [3.05, 3.63) is 77.4 Å². The number of rotatable bonds is 10. The van der Waals surface area contributed by atoms with Crippen LogP contribution < -0.4 is 15.4 Å². The summed E-state index contributed by atoms with van der Waals surface area (Å²) < 4.78 is 5.53. The highest BCUT2D eigenvalue weighted by atomic mass is 16.5. The van der Waals surface area contributed by atoms with Crippen LogP contribution in [0.4, 0.5) is 0 Å². The normalized spacial score (nSPS) is 13.3. The molecule has 1 aliphatic rings. The molecule has 0 radical (unpaired) electrons. The Balaban J connectivity index is 1.33. The highest BCUT2D eigenvalue weighted by Crippen LogP contribution is 2.19. The van der Waals surface area contributed by atoms with Crippen LogP contribution in [0.25, 0.3) is 0 Å². The first-order chi connectivity index (χ1) is 14.7. The van der Waals surface area contributed by atoms with Gasteiger partial charge in [0.15, 0.2) is 0 Å². The molecule has 2 N–H and O–H groups in total. The van der Waals surface area contributed by atoms with Gasteiger partial charge in [-0.05, 0) is 61.9 Å². The predicted octanol–water partition coefficient (Wildman–Crippen LogP) is 4.39. The van der Waals surface area contributed by atoms with Gasteiger partial charge in [-0.3, -0.25) is 9.59 Å². The molecule has 0 aliphatic heterocycles. The van der Waals surface area contributed by atoms with Crippen molar-refractivity contribution in [1.82, 2.24) is 10.6 Å². The maximum absolute atomic E-state index is 12.3. The second-order valence-corrected chi connectivity index (χ2v) is 7.50. The first kappa shape index (κ1) is 21.6. The third-order valence-electron chi connectivity index (χ3n) is 5.16. The molecule has 0 spiro atoms. The van der Waals surface area contributed by atoms with Crippen LogP contribution in [0.1, 0.15) is 54.4 Å².